The van der Waals surface area contributed by atoms with Crippen molar-refractivity contribution in [2.24, 2.45) is 0 Å². The first kappa shape index (κ1) is 15.2. The fraction of sp³-hybridized carbons (Fsp3) is 0.250. The summed E-state index contributed by atoms with van der Waals surface area (Å²) in [5, 5.41) is 2.89. The van der Waals surface area contributed by atoms with Crippen molar-refractivity contribution in [3.8, 4) is 0 Å². The molecule has 112 valence electrons. The van der Waals surface area contributed by atoms with Gasteiger partial charge in [-0.3, -0.25) is 0 Å². The third-order valence-electron chi connectivity index (χ3n) is 2.39. The lowest BCUT2D eigenvalue weighted by Crippen LogP contribution is -2.15. The van der Waals surface area contributed by atoms with Crippen LogP contribution >= 0.6 is 11.8 Å². The molecule has 0 spiro atoms. The van der Waals surface area contributed by atoms with E-state index in [0.717, 1.165) is 0 Å². The SMILES string of the molecule is CN(C)c1nc(N)nc(Nc2ccccc2SC(F)F)n1. The number of anilines is 4. The van der Waals surface area contributed by atoms with Crippen LogP contribution in [0.4, 0.5) is 32.3 Å². The third-order valence-corrected chi connectivity index (χ3v) is 3.18. The predicted molar refractivity (Wildman–Crippen MR) is 80.2 cm³/mol. The minimum Gasteiger partial charge on any atom is -0.368 e. The molecule has 0 aliphatic rings. The summed E-state index contributed by atoms with van der Waals surface area (Å²) in [5.74, 6) is -1.87. The highest BCUT2D eigenvalue weighted by molar-refractivity contribution is 7.99. The van der Waals surface area contributed by atoms with Crippen LogP contribution in [0.25, 0.3) is 0 Å². The minimum atomic E-state index is -2.51. The van der Waals surface area contributed by atoms with Gasteiger partial charge in [-0.05, 0) is 12.1 Å². The molecule has 1 heterocycles. The molecule has 9 heteroatoms. The second kappa shape index (κ2) is 6.53. The van der Waals surface area contributed by atoms with E-state index >= 15 is 0 Å². The Morgan fingerprint density at radius 1 is 1.19 bits per heavy atom. The zero-order valence-corrected chi connectivity index (χ0v) is 12.2. The van der Waals surface area contributed by atoms with E-state index in [2.05, 4.69) is 20.3 Å². The Hall–Kier alpha value is -2.16. The number of rotatable bonds is 5. The van der Waals surface area contributed by atoms with E-state index in [4.69, 9.17) is 5.73 Å². The number of aromatic nitrogens is 3. The first-order valence-corrected chi connectivity index (χ1v) is 6.83. The van der Waals surface area contributed by atoms with E-state index in [0.29, 0.717) is 28.3 Å². The highest BCUT2D eigenvalue weighted by Crippen LogP contribution is 2.32. The highest BCUT2D eigenvalue weighted by Gasteiger charge is 2.12. The molecular formula is C12H14F2N6S. The molecular weight excluding hydrogens is 298 g/mol. The molecule has 3 N–H and O–H groups in total. The van der Waals surface area contributed by atoms with Gasteiger partial charge in [0.25, 0.3) is 5.76 Å². The van der Waals surface area contributed by atoms with Crippen molar-refractivity contribution < 1.29 is 8.78 Å². The van der Waals surface area contributed by atoms with Crippen LogP contribution in [0, 0.1) is 0 Å². The number of nitrogen functional groups attached to an aromatic ring is 1. The third kappa shape index (κ3) is 4.15. The lowest BCUT2D eigenvalue weighted by atomic mass is 10.3. The Kier molecular flexibility index (Phi) is 4.73. The molecule has 6 nitrogen and oxygen atoms in total. The van der Waals surface area contributed by atoms with E-state index in [-0.39, 0.29) is 11.9 Å². The summed E-state index contributed by atoms with van der Waals surface area (Å²) in [6.45, 7) is 0. The van der Waals surface area contributed by atoms with Crippen molar-refractivity contribution in [3.63, 3.8) is 0 Å². The van der Waals surface area contributed by atoms with Crippen LogP contribution in [0.2, 0.25) is 0 Å². The second-order valence-corrected chi connectivity index (χ2v) is 5.24. The van der Waals surface area contributed by atoms with Gasteiger partial charge in [0.15, 0.2) is 0 Å². The Bertz CT molecular complexity index is 622. The van der Waals surface area contributed by atoms with Gasteiger partial charge in [-0.25, -0.2) is 0 Å². The van der Waals surface area contributed by atoms with Crippen molar-refractivity contribution in [1.82, 2.24) is 15.0 Å². The molecule has 0 radical (unpaired) electrons. The monoisotopic (exact) mass is 312 g/mol. The Labute approximate surface area is 124 Å². The number of alkyl halides is 2. The Morgan fingerprint density at radius 2 is 1.90 bits per heavy atom. The van der Waals surface area contributed by atoms with E-state index in [9.17, 15) is 8.78 Å². The van der Waals surface area contributed by atoms with Gasteiger partial charge in [-0.1, -0.05) is 23.9 Å². The molecule has 0 bridgehead atoms. The second-order valence-electron chi connectivity index (χ2n) is 4.21. The largest absolute Gasteiger partial charge is 0.368 e. The number of nitrogens with one attached hydrogen (secondary N) is 1. The fourth-order valence-corrected chi connectivity index (χ4v) is 2.12. The van der Waals surface area contributed by atoms with E-state index < -0.39 is 5.76 Å². The summed E-state index contributed by atoms with van der Waals surface area (Å²) < 4.78 is 25.1. The topological polar surface area (TPSA) is 80.0 Å². The Morgan fingerprint density at radius 3 is 2.57 bits per heavy atom. The number of para-hydroxylation sites is 1. The zero-order valence-electron chi connectivity index (χ0n) is 11.4. The normalized spacial score (nSPS) is 10.7. The van der Waals surface area contributed by atoms with E-state index in [1.54, 1.807) is 43.3 Å². The van der Waals surface area contributed by atoms with Crippen LogP contribution in [-0.2, 0) is 0 Å². The number of nitrogens with two attached hydrogens (primary N) is 1. The maximum Gasteiger partial charge on any atom is 0.288 e. The first-order valence-electron chi connectivity index (χ1n) is 5.95. The summed E-state index contributed by atoms with van der Waals surface area (Å²) in [5.41, 5.74) is 6.10. The number of halogens is 2. The Balaban J connectivity index is 2.30. The molecule has 0 saturated heterocycles. The summed E-state index contributed by atoms with van der Waals surface area (Å²) in [6.07, 6.45) is 0. The molecule has 1 aromatic heterocycles. The van der Waals surface area contributed by atoms with Crippen LogP contribution in [-0.4, -0.2) is 34.8 Å². The zero-order chi connectivity index (χ0) is 15.4. The molecule has 0 aliphatic carbocycles. The quantitative estimate of drug-likeness (QED) is 0.821. The predicted octanol–water partition coefficient (Wildman–Crippen LogP) is 2.58. The van der Waals surface area contributed by atoms with Gasteiger partial charge in [0.05, 0.1) is 5.69 Å². The fourth-order valence-electron chi connectivity index (χ4n) is 1.53. The van der Waals surface area contributed by atoms with Crippen molar-refractivity contribution >= 4 is 35.3 Å². The number of hydrogen-bond acceptors (Lipinski definition) is 7. The lowest BCUT2D eigenvalue weighted by Gasteiger charge is -2.13. The van der Waals surface area contributed by atoms with Gasteiger partial charge < -0.3 is 16.0 Å². The first-order chi connectivity index (χ1) is 9.95. The van der Waals surface area contributed by atoms with Crippen LogP contribution in [0.3, 0.4) is 0 Å². The molecule has 0 saturated carbocycles. The molecule has 0 aliphatic heterocycles. The maximum atomic E-state index is 12.5. The van der Waals surface area contributed by atoms with Gasteiger partial charge in [-0.15, -0.1) is 0 Å². The van der Waals surface area contributed by atoms with Crippen LogP contribution in [0.1, 0.15) is 0 Å². The average molecular weight is 312 g/mol. The number of benzene rings is 1. The molecule has 2 rings (SSSR count). The number of hydrogen-bond donors (Lipinski definition) is 2. The summed E-state index contributed by atoms with van der Waals surface area (Å²) >= 11 is 0.450. The smallest absolute Gasteiger partial charge is 0.288 e. The standard InChI is InChI=1S/C12H14F2N6S/c1-20(2)12-18-10(15)17-11(19-12)16-7-5-3-4-6-8(7)21-9(13)14/h3-6,9H,1-2H3,(H3,15,16,17,18,19). The van der Waals surface area contributed by atoms with Gasteiger partial charge in [0, 0.05) is 19.0 Å². The van der Waals surface area contributed by atoms with E-state index in [1.165, 1.54) is 0 Å². The lowest BCUT2D eigenvalue weighted by molar-refractivity contribution is 0.252. The molecule has 2 aromatic rings. The van der Waals surface area contributed by atoms with Crippen molar-refractivity contribution in [2.75, 3.05) is 30.0 Å². The van der Waals surface area contributed by atoms with Crippen molar-refractivity contribution in [2.45, 2.75) is 10.7 Å². The summed E-state index contributed by atoms with van der Waals surface area (Å²) in [7, 11) is 3.53. The number of thioether (sulfide) groups is 1. The molecule has 21 heavy (non-hydrogen) atoms. The van der Waals surface area contributed by atoms with Crippen LogP contribution < -0.4 is 16.0 Å². The average Bonchev–Trinajstić information content (AvgIpc) is 2.39. The van der Waals surface area contributed by atoms with Gasteiger partial charge >= 0.3 is 0 Å². The maximum absolute atomic E-state index is 12.5. The molecule has 0 unspecified atom stereocenters. The van der Waals surface area contributed by atoms with Gasteiger partial charge in [0.2, 0.25) is 17.8 Å². The highest BCUT2D eigenvalue weighted by atomic mass is 32.2. The van der Waals surface area contributed by atoms with Gasteiger partial charge in [-0.2, -0.15) is 23.7 Å². The van der Waals surface area contributed by atoms with Crippen LogP contribution in [0.5, 0.6) is 0 Å². The van der Waals surface area contributed by atoms with Crippen molar-refractivity contribution in [3.05, 3.63) is 24.3 Å². The summed E-state index contributed by atoms with van der Waals surface area (Å²) in [6, 6.07) is 6.68. The minimum absolute atomic E-state index is 0.0511. The summed E-state index contributed by atoms with van der Waals surface area (Å²) in [4.78, 5) is 14.1. The molecule has 0 atom stereocenters. The molecule has 0 amide bonds. The molecule has 0 fully saturated rings. The van der Waals surface area contributed by atoms with E-state index in [1.807, 2.05) is 0 Å². The number of nitrogens with zero attached hydrogens (tertiary/aromatic N) is 4. The van der Waals surface area contributed by atoms with Crippen LogP contribution in [0.15, 0.2) is 29.2 Å². The van der Waals surface area contributed by atoms with Gasteiger partial charge in [0.1, 0.15) is 0 Å². The van der Waals surface area contributed by atoms with Crippen molar-refractivity contribution in [1.29, 1.82) is 0 Å². The molecule has 1 aromatic carbocycles.